The molecule has 0 saturated heterocycles. The average Bonchev–Trinajstić information content (AvgIpc) is 2.71. The third kappa shape index (κ3) is 5.77. The van der Waals surface area contributed by atoms with Crippen molar-refractivity contribution in [1.82, 2.24) is 9.62 Å². The van der Waals surface area contributed by atoms with Gasteiger partial charge in [0.2, 0.25) is 5.91 Å². The molecule has 0 bridgehead atoms. The molecule has 0 heterocycles. The van der Waals surface area contributed by atoms with Crippen molar-refractivity contribution in [3.63, 3.8) is 0 Å². The first kappa shape index (κ1) is 24.7. The number of ether oxygens (including phenoxy) is 1. The highest BCUT2D eigenvalue weighted by Gasteiger charge is 2.29. The molecule has 2 aromatic carbocycles. The number of aryl methyl sites for hydroxylation is 3. The number of hydrogen-bond donors (Lipinski definition) is 1. The van der Waals surface area contributed by atoms with Gasteiger partial charge in [0, 0.05) is 14.1 Å². The van der Waals surface area contributed by atoms with Gasteiger partial charge in [-0.25, -0.2) is 4.31 Å². The lowest BCUT2D eigenvalue weighted by atomic mass is 10.0. The molecule has 0 aromatic heterocycles. The van der Waals surface area contributed by atoms with E-state index in [2.05, 4.69) is 5.32 Å². The molecule has 0 saturated carbocycles. The summed E-state index contributed by atoms with van der Waals surface area (Å²) in [6.07, 6.45) is 0.668. The van der Waals surface area contributed by atoms with Gasteiger partial charge in [0.1, 0.15) is 12.3 Å². The minimum absolute atomic E-state index is 0.236. The van der Waals surface area contributed by atoms with Crippen molar-refractivity contribution in [2.45, 2.75) is 40.2 Å². The molecular formula is C23H33N3O4S. The Morgan fingerprint density at radius 1 is 1.06 bits per heavy atom. The second-order valence-corrected chi connectivity index (χ2v) is 9.91. The van der Waals surface area contributed by atoms with Crippen LogP contribution in [0.5, 0.6) is 5.75 Å². The Morgan fingerprint density at radius 3 is 2.29 bits per heavy atom. The molecule has 0 radical (unpaired) electrons. The Bertz CT molecular complexity index is 1040. The van der Waals surface area contributed by atoms with Crippen LogP contribution in [-0.4, -0.2) is 46.4 Å². The summed E-state index contributed by atoms with van der Waals surface area (Å²) < 4.78 is 33.6. The fourth-order valence-corrected chi connectivity index (χ4v) is 4.51. The summed E-state index contributed by atoms with van der Waals surface area (Å²) in [6.45, 7) is 7.34. The number of rotatable bonds is 9. The predicted octanol–water partition coefficient (Wildman–Crippen LogP) is 3.50. The molecule has 2 aromatic rings. The summed E-state index contributed by atoms with van der Waals surface area (Å²) >= 11 is 0. The number of hydrogen-bond acceptors (Lipinski definition) is 4. The molecule has 0 aliphatic heterocycles. The first-order valence-corrected chi connectivity index (χ1v) is 11.6. The molecule has 0 fully saturated rings. The van der Waals surface area contributed by atoms with E-state index in [9.17, 15) is 13.2 Å². The van der Waals surface area contributed by atoms with E-state index >= 15 is 0 Å². The van der Waals surface area contributed by atoms with Crippen LogP contribution < -0.4 is 14.4 Å². The second kappa shape index (κ2) is 10.2. The summed E-state index contributed by atoms with van der Waals surface area (Å²) in [5.74, 6) is 0.412. The molecule has 170 valence electrons. The lowest BCUT2D eigenvalue weighted by Gasteiger charge is -2.29. The Labute approximate surface area is 186 Å². The van der Waals surface area contributed by atoms with Gasteiger partial charge in [-0.3, -0.25) is 4.79 Å². The molecule has 2 rings (SSSR count). The van der Waals surface area contributed by atoms with Crippen LogP contribution in [0.3, 0.4) is 0 Å². The van der Waals surface area contributed by atoms with Gasteiger partial charge in [0.15, 0.2) is 0 Å². The molecule has 0 aliphatic rings. The third-order valence-electron chi connectivity index (χ3n) is 5.23. The lowest BCUT2D eigenvalue weighted by Crippen LogP contribution is -2.46. The molecule has 7 nitrogen and oxygen atoms in total. The maximum Gasteiger partial charge on any atom is 0.304 e. The summed E-state index contributed by atoms with van der Waals surface area (Å²) in [7, 11) is 0.677. The Kier molecular flexibility index (Phi) is 8.08. The van der Waals surface area contributed by atoms with Crippen molar-refractivity contribution >= 4 is 21.8 Å². The number of amides is 1. The monoisotopic (exact) mass is 447 g/mol. The van der Waals surface area contributed by atoms with E-state index in [-0.39, 0.29) is 18.5 Å². The molecule has 0 unspecified atom stereocenters. The second-order valence-electron chi connectivity index (χ2n) is 7.84. The van der Waals surface area contributed by atoms with Crippen LogP contribution in [0.15, 0.2) is 36.4 Å². The SMILES string of the molecule is CC[C@H](NC(=O)CN(c1cc(C)ccc1C)S(=O)(=O)N(C)C)c1ccc(OC)c(C)c1. The number of nitrogens with zero attached hydrogens (tertiary/aromatic N) is 2. The highest BCUT2D eigenvalue weighted by atomic mass is 32.2. The van der Waals surface area contributed by atoms with Gasteiger partial charge in [-0.2, -0.15) is 12.7 Å². The Balaban J connectivity index is 2.33. The van der Waals surface area contributed by atoms with Crippen molar-refractivity contribution in [3.8, 4) is 5.75 Å². The smallest absolute Gasteiger partial charge is 0.304 e. The van der Waals surface area contributed by atoms with Crippen molar-refractivity contribution in [2.24, 2.45) is 0 Å². The summed E-state index contributed by atoms with van der Waals surface area (Å²) in [5, 5.41) is 2.99. The number of methoxy groups -OCH3 is 1. The van der Waals surface area contributed by atoms with Crippen LogP contribution in [0.25, 0.3) is 0 Å². The zero-order valence-electron chi connectivity index (χ0n) is 19.4. The molecule has 8 heteroatoms. The average molecular weight is 448 g/mol. The zero-order chi connectivity index (χ0) is 23.3. The maximum atomic E-state index is 13.0. The van der Waals surface area contributed by atoms with E-state index < -0.39 is 10.2 Å². The molecular weight excluding hydrogens is 414 g/mol. The van der Waals surface area contributed by atoms with E-state index in [1.165, 1.54) is 14.1 Å². The number of carbonyl (C=O) groups excluding carboxylic acids is 1. The largest absolute Gasteiger partial charge is 0.496 e. The highest BCUT2D eigenvalue weighted by molar-refractivity contribution is 7.90. The topological polar surface area (TPSA) is 79.0 Å². The van der Waals surface area contributed by atoms with E-state index in [0.29, 0.717) is 12.1 Å². The molecule has 31 heavy (non-hydrogen) atoms. The normalized spacial score (nSPS) is 12.5. The lowest BCUT2D eigenvalue weighted by molar-refractivity contribution is -0.120. The summed E-state index contributed by atoms with van der Waals surface area (Å²) in [5.41, 5.74) is 4.11. The summed E-state index contributed by atoms with van der Waals surface area (Å²) in [6, 6.07) is 11.1. The molecule has 1 amide bonds. The van der Waals surface area contributed by atoms with Crippen LogP contribution >= 0.6 is 0 Å². The van der Waals surface area contributed by atoms with E-state index in [0.717, 1.165) is 36.6 Å². The minimum atomic E-state index is -3.86. The fourth-order valence-electron chi connectivity index (χ4n) is 3.39. The highest BCUT2D eigenvalue weighted by Crippen LogP contribution is 2.26. The van der Waals surface area contributed by atoms with E-state index in [1.54, 1.807) is 13.2 Å². The van der Waals surface area contributed by atoms with Crippen molar-refractivity contribution in [3.05, 3.63) is 58.7 Å². The van der Waals surface area contributed by atoms with Crippen molar-refractivity contribution in [1.29, 1.82) is 0 Å². The first-order valence-electron chi connectivity index (χ1n) is 10.2. The van der Waals surface area contributed by atoms with Gasteiger partial charge >= 0.3 is 10.2 Å². The number of carbonyl (C=O) groups is 1. The van der Waals surface area contributed by atoms with Gasteiger partial charge < -0.3 is 10.1 Å². The molecule has 1 N–H and O–H groups in total. The van der Waals surface area contributed by atoms with Gasteiger partial charge in [0.25, 0.3) is 0 Å². The Morgan fingerprint density at radius 2 is 1.74 bits per heavy atom. The predicted molar refractivity (Wildman–Crippen MR) is 125 cm³/mol. The molecule has 1 atom stereocenters. The maximum absolute atomic E-state index is 13.0. The van der Waals surface area contributed by atoms with E-state index in [1.807, 2.05) is 58.0 Å². The summed E-state index contributed by atoms with van der Waals surface area (Å²) in [4.78, 5) is 13.0. The first-order chi connectivity index (χ1) is 14.5. The number of anilines is 1. The van der Waals surface area contributed by atoms with Gasteiger partial charge in [-0.05, 0) is 61.6 Å². The molecule has 0 spiro atoms. The minimum Gasteiger partial charge on any atom is -0.496 e. The third-order valence-corrected chi connectivity index (χ3v) is 7.03. The van der Waals surface area contributed by atoms with Crippen LogP contribution in [0.4, 0.5) is 5.69 Å². The van der Waals surface area contributed by atoms with Crippen LogP contribution in [0.2, 0.25) is 0 Å². The van der Waals surface area contributed by atoms with Crippen LogP contribution in [0, 0.1) is 20.8 Å². The quantitative estimate of drug-likeness (QED) is 0.638. The van der Waals surface area contributed by atoms with Crippen molar-refractivity contribution in [2.75, 3.05) is 32.1 Å². The standard InChI is InChI=1S/C23H33N3O4S/c1-8-20(19-11-12-22(30-7)18(4)14-19)24-23(27)15-26(31(28,29)25(5)6)21-13-16(2)9-10-17(21)3/h9-14,20H,8,15H2,1-7H3,(H,24,27)/t20-/m0/s1. The van der Waals surface area contributed by atoms with Crippen molar-refractivity contribution < 1.29 is 17.9 Å². The number of benzene rings is 2. The van der Waals surface area contributed by atoms with Crippen LogP contribution in [-0.2, 0) is 15.0 Å². The van der Waals surface area contributed by atoms with E-state index in [4.69, 9.17) is 4.74 Å². The number of nitrogens with one attached hydrogen (secondary N) is 1. The fraction of sp³-hybridized carbons (Fsp3) is 0.435. The molecule has 0 aliphatic carbocycles. The van der Waals surface area contributed by atoms with Gasteiger partial charge in [-0.15, -0.1) is 0 Å². The Hall–Kier alpha value is -2.58. The van der Waals surface area contributed by atoms with Crippen LogP contribution in [0.1, 0.15) is 41.6 Å². The zero-order valence-corrected chi connectivity index (χ0v) is 20.2. The van der Waals surface area contributed by atoms with Gasteiger partial charge in [-0.1, -0.05) is 31.2 Å². The van der Waals surface area contributed by atoms with Gasteiger partial charge in [0.05, 0.1) is 18.8 Å².